The molecule has 4 heteroatoms. The third-order valence-electron chi connectivity index (χ3n) is 13.7. The second-order valence-corrected chi connectivity index (χ2v) is 17.2. The number of rotatable bonds is 5. The molecule has 1 saturated heterocycles. The number of allylic oxidation sites excluding steroid dienone is 3. The van der Waals surface area contributed by atoms with Crippen LogP contribution in [0.1, 0.15) is 49.8 Å². The molecule has 2 aromatic heterocycles. The summed E-state index contributed by atoms with van der Waals surface area (Å²) in [6.45, 7) is 4.78. The lowest BCUT2D eigenvalue weighted by atomic mass is 9.81. The lowest BCUT2D eigenvalue weighted by Crippen LogP contribution is -2.37. The third-order valence-corrected chi connectivity index (χ3v) is 13.7. The number of hydrogen-bond donors (Lipinski definition) is 0. The fourth-order valence-electron chi connectivity index (χ4n) is 10.8. The Morgan fingerprint density at radius 1 is 0.627 bits per heavy atom. The largest absolute Gasteiger partial charge is 0.357 e. The number of para-hydroxylation sites is 1. The predicted molar refractivity (Wildman–Crippen MR) is 244 cm³/mol. The molecule has 0 bridgehead atoms. The lowest BCUT2D eigenvalue weighted by molar-refractivity contribution is 0.529. The molecule has 4 nitrogen and oxygen atoms in total. The van der Waals surface area contributed by atoms with Gasteiger partial charge in [-0.1, -0.05) is 153 Å². The Balaban J connectivity index is 0.945. The Morgan fingerprint density at radius 3 is 2.24 bits per heavy atom. The van der Waals surface area contributed by atoms with Gasteiger partial charge in [0, 0.05) is 45.0 Å². The van der Waals surface area contributed by atoms with E-state index in [0.29, 0.717) is 23.8 Å². The minimum Gasteiger partial charge on any atom is -0.357 e. The van der Waals surface area contributed by atoms with Gasteiger partial charge in [-0.3, -0.25) is 4.57 Å². The van der Waals surface area contributed by atoms with Crippen molar-refractivity contribution in [2.75, 3.05) is 4.90 Å². The number of anilines is 1. The smallest absolute Gasteiger partial charge is 0.162 e. The standard InChI is InChI=1S/C55H44N4/c1-55(2)46-22-12-9-19-40(46)41-28-27-39(33-47(41)55)58-49-23-13-10-20-42(49)44-31-37(25-29-51(44)58)38-26-30-52-45(32-38)43-21-11-14-24-50(43)59(52)53-34-48(35-15-5-3-6-16-35)56-54(57-53)36-17-7-4-8-18-36/h3-9,11-19,21-28,30-34,42,49,51H,10,20,29H2,1-2H3/t42-,49?,51+/m1/s1. The quantitative estimate of drug-likeness (QED) is 0.164. The SMILES string of the molecule is CC1(C)c2ccccc2-c2ccc(N3C4C=CCC[C@@H]4C4=CC(c5ccc6c(c5)c5ccccc5n6-c5cc(-c6ccccc6)nc(-c6ccccc6)n5)=CC[C@@H]43)cc21. The number of benzene rings is 6. The number of hydrogen-bond acceptors (Lipinski definition) is 3. The summed E-state index contributed by atoms with van der Waals surface area (Å²) in [5.74, 6) is 2.08. The highest BCUT2D eigenvalue weighted by Gasteiger charge is 2.46. The zero-order valence-electron chi connectivity index (χ0n) is 33.4. The second kappa shape index (κ2) is 13.1. The van der Waals surface area contributed by atoms with E-state index < -0.39 is 0 Å². The third kappa shape index (κ3) is 5.29. The van der Waals surface area contributed by atoms with Crippen LogP contribution in [-0.2, 0) is 5.41 Å². The van der Waals surface area contributed by atoms with Crippen molar-refractivity contribution in [1.82, 2.24) is 14.5 Å². The van der Waals surface area contributed by atoms with Crippen molar-refractivity contribution < 1.29 is 0 Å². The fraction of sp³-hybridized carbons (Fsp3) is 0.164. The van der Waals surface area contributed by atoms with Crippen LogP contribution in [0.15, 0.2) is 182 Å². The first-order valence-corrected chi connectivity index (χ1v) is 21.2. The van der Waals surface area contributed by atoms with Crippen LogP contribution in [0.4, 0.5) is 5.69 Å². The minimum atomic E-state index is -0.0225. The van der Waals surface area contributed by atoms with Crippen molar-refractivity contribution in [2.45, 2.75) is 50.6 Å². The van der Waals surface area contributed by atoms with Crippen LogP contribution in [-0.4, -0.2) is 26.6 Å². The summed E-state index contributed by atoms with van der Waals surface area (Å²) >= 11 is 0. The normalized spacial score (nSPS) is 19.9. The highest BCUT2D eigenvalue weighted by Crippen LogP contribution is 2.52. The van der Waals surface area contributed by atoms with Crippen LogP contribution in [0, 0.1) is 5.92 Å². The Kier molecular flexibility index (Phi) is 7.62. The van der Waals surface area contributed by atoms with Crippen LogP contribution in [0.5, 0.6) is 0 Å². The Bertz CT molecular complexity index is 3020. The molecule has 1 fully saturated rings. The van der Waals surface area contributed by atoms with Crippen LogP contribution in [0.25, 0.3) is 67.0 Å². The molecule has 0 radical (unpaired) electrons. The van der Waals surface area contributed by atoms with Crippen molar-refractivity contribution >= 4 is 33.1 Å². The van der Waals surface area contributed by atoms with E-state index in [4.69, 9.17) is 9.97 Å². The van der Waals surface area contributed by atoms with Gasteiger partial charge in [0.1, 0.15) is 5.82 Å². The molecule has 0 amide bonds. The predicted octanol–water partition coefficient (Wildman–Crippen LogP) is 13.2. The summed E-state index contributed by atoms with van der Waals surface area (Å²) in [5, 5.41) is 2.45. The number of nitrogens with zero attached hydrogens (tertiary/aromatic N) is 4. The maximum atomic E-state index is 5.25. The lowest BCUT2D eigenvalue weighted by Gasteiger charge is -2.34. The first-order chi connectivity index (χ1) is 29.0. The summed E-state index contributed by atoms with van der Waals surface area (Å²) in [4.78, 5) is 13.1. The first kappa shape index (κ1) is 34.3. The number of aromatic nitrogens is 3. The van der Waals surface area contributed by atoms with Crippen LogP contribution >= 0.6 is 0 Å². The van der Waals surface area contributed by atoms with E-state index in [1.54, 1.807) is 5.57 Å². The van der Waals surface area contributed by atoms with Gasteiger partial charge in [0.05, 0.1) is 28.8 Å². The average Bonchev–Trinajstić information content (AvgIpc) is 3.89. The van der Waals surface area contributed by atoms with Gasteiger partial charge in [-0.25, -0.2) is 9.97 Å². The number of fused-ring (bicyclic) bond motifs is 9. The summed E-state index contributed by atoms with van der Waals surface area (Å²) in [7, 11) is 0. The molecule has 1 aliphatic heterocycles. The summed E-state index contributed by atoms with van der Waals surface area (Å²) in [5.41, 5.74) is 16.4. The van der Waals surface area contributed by atoms with Gasteiger partial charge in [0.15, 0.2) is 5.82 Å². The van der Waals surface area contributed by atoms with Gasteiger partial charge in [-0.05, 0) is 88.6 Å². The van der Waals surface area contributed by atoms with Crippen LogP contribution in [0.3, 0.4) is 0 Å². The molecule has 4 aliphatic rings. The molecule has 8 aromatic rings. The van der Waals surface area contributed by atoms with Crippen LogP contribution in [0.2, 0.25) is 0 Å². The molecule has 284 valence electrons. The zero-order chi connectivity index (χ0) is 39.2. The van der Waals surface area contributed by atoms with Crippen molar-refractivity contribution in [3.63, 3.8) is 0 Å². The molecular weight excluding hydrogens is 717 g/mol. The maximum Gasteiger partial charge on any atom is 0.162 e. The van der Waals surface area contributed by atoms with E-state index in [-0.39, 0.29) is 5.41 Å². The highest BCUT2D eigenvalue weighted by molar-refractivity contribution is 6.10. The monoisotopic (exact) mass is 760 g/mol. The molecule has 0 saturated carbocycles. The molecule has 6 aromatic carbocycles. The molecule has 12 rings (SSSR count). The van der Waals surface area contributed by atoms with E-state index in [0.717, 1.165) is 46.5 Å². The fourth-order valence-corrected chi connectivity index (χ4v) is 10.8. The maximum absolute atomic E-state index is 5.25. The topological polar surface area (TPSA) is 34.0 Å². The summed E-state index contributed by atoms with van der Waals surface area (Å²) in [6.07, 6.45) is 13.3. The van der Waals surface area contributed by atoms with Gasteiger partial charge in [-0.2, -0.15) is 0 Å². The van der Waals surface area contributed by atoms with E-state index in [2.05, 4.69) is 175 Å². The molecular formula is C55H44N4. The highest BCUT2D eigenvalue weighted by atomic mass is 15.2. The zero-order valence-corrected chi connectivity index (χ0v) is 33.4. The Hall–Kier alpha value is -6.78. The Labute approximate surface area is 345 Å². The molecule has 0 spiro atoms. The molecule has 3 heterocycles. The van der Waals surface area contributed by atoms with Gasteiger partial charge in [0.2, 0.25) is 0 Å². The van der Waals surface area contributed by atoms with Crippen LogP contribution < -0.4 is 4.90 Å². The van der Waals surface area contributed by atoms with E-state index in [9.17, 15) is 0 Å². The van der Waals surface area contributed by atoms with Crippen molar-refractivity contribution in [3.05, 3.63) is 198 Å². The molecule has 0 N–H and O–H groups in total. The molecule has 3 aliphatic carbocycles. The van der Waals surface area contributed by atoms with Gasteiger partial charge >= 0.3 is 0 Å². The van der Waals surface area contributed by atoms with Gasteiger partial charge in [0.25, 0.3) is 0 Å². The first-order valence-electron chi connectivity index (χ1n) is 21.2. The van der Waals surface area contributed by atoms with Gasteiger partial charge in [-0.15, -0.1) is 0 Å². The van der Waals surface area contributed by atoms with Crippen molar-refractivity contribution in [3.8, 4) is 39.6 Å². The Morgan fingerprint density at radius 2 is 1.37 bits per heavy atom. The molecule has 3 atom stereocenters. The van der Waals surface area contributed by atoms with E-state index >= 15 is 0 Å². The van der Waals surface area contributed by atoms with E-state index in [1.807, 2.05) is 24.3 Å². The second-order valence-electron chi connectivity index (χ2n) is 17.2. The van der Waals surface area contributed by atoms with Crippen molar-refractivity contribution in [2.24, 2.45) is 5.92 Å². The van der Waals surface area contributed by atoms with E-state index in [1.165, 1.54) is 56.3 Å². The molecule has 59 heavy (non-hydrogen) atoms. The minimum absolute atomic E-state index is 0.0225. The summed E-state index contributed by atoms with van der Waals surface area (Å²) < 4.78 is 2.32. The molecule has 1 unspecified atom stereocenters. The average molecular weight is 761 g/mol. The summed E-state index contributed by atoms with van der Waals surface area (Å²) in [6, 6.07) is 55.7. The van der Waals surface area contributed by atoms with Gasteiger partial charge < -0.3 is 4.90 Å². The van der Waals surface area contributed by atoms with Crippen molar-refractivity contribution in [1.29, 1.82) is 0 Å².